The molecule has 1 aromatic carbocycles. The van der Waals surface area contributed by atoms with Crippen molar-refractivity contribution >= 4 is 48.1 Å². The van der Waals surface area contributed by atoms with Gasteiger partial charge in [-0.1, -0.05) is 52.3 Å². The predicted molar refractivity (Wildman–Crippen MR) is 197 cm³/mol. The van der Waals surface area contributed by atoms with Crippen molar-refractivity contribution in [2.75, 3.05) is 12.3 Å². The molecule has 0 unspecified atom stereocenters. The first-order valence-corrected chi connectivity index (χ1v) is 19.3. The summed E-state index contributed by atoms with van der Waals surface area (Å²) in [5.74, 6) is -2.16. The van der Waals surface area contributed by atoms with E-state index in [1.807, 2.05) is 13.8 Å². The quantitative estimate of drug-likeness (QED) is 0.0812. The molecule has 4 saturated carbocycles. The van der Waals surface area contributed by atoms with E-state index in [2.05, 4.69) is 39.2 Å². The van der Waals surface area contributed by atoms with Crippen LogP contribution in [0.15, 0.2) is 30.3 Å². The van der Waals surface area contributed by atoms with Crippen LogP contribution in [-0.2, 0) is 49.9 Å². The molecule has 5 rings (SSSR count). The van der Waals surface area contributed by atoms with E-state index in [4.69, 9.17) is 0 Å². The fraction of sp³-hybridized carbons (Fsp3) is 0.684. The summed E-state index contributed by atoms with van der Waals surface area (Å²) in [6.07, 6.45) is 8.52. The Labute approximate surface area is 332 Å². The number of thiol groups is 1. The second-order valence-corrected chi connectivity index (χ2v) is 15.9. The van der Waals surface area contributed by atoms with E-state index in [1.54, 1.807) is 44.2 Å². The van der Waals surface area contributed by atoms with Gasteiger partial charge in [-0.15, -0.1) is 0 Å². The van der Waals surface area contributed by atoms with Crippen LogP contribution in [0.25, 0.3) is 0 Å². The molecule has 15 heteroatoms. The molecule has 1 radical (unpaired) electrons. The zero-order valence-corrected chi connectivity index (χ0v) is 34.8. The molecule has 0 aromatic heterocycles. The monoisotopic (exact) mass is 930 g/mol. The molecule has 1 aromatic rings. The number of nitrogens with one attached hydrogen (secondary N) is 5. The average Bonchev–Trinajstić information content (AvgIpc) is 3.09. The van der Waals surface area contributed by atoms with Crippen LogP contribution in [0.2, 0.25) is 0 Å². The van der Waals surface area contributed by atoms with E-state index in [0.29, 0.717) is 49.1 Å². The average molecular weight is 930 g/mol. The summed E-state index contributed by atoms with van der Waals surface area (Å²) in [5.41, 5.74) is 0.144. The third-order valence-electron chi connectivity index (χ3n) is 11.2. The van der Waals surface area contributed by atoms with Crippen molar-refractivity contribution in [1.29, 1.82) is 0 Å². The minimum atomic E-state index is -1.20. The van der Waals surface area contributed by atoms with E-state index in [-0.39, 0.29) is 55.3 Å². The van der Waals surface area contributed by atoms with Gasteiger partial charge in [-0.25, -0.2) is 4.79 Å². The van der Waals surface area contributed by atoms with Gasteiger partial charge in [0.15, 0.2) is 0 Å². The molecule has 53 heavy (non-hydrogen) atoms. The number of amides is 5. The van der Waals surface area contributed by atoms with Crippen LogP contribution in [0.3, 0.4) is 0 Å². The number of benzene rings is 1. The molecule has 5 atom stereocenters. The minimum Gasteiger partial charge on any atom is -2.00 e. The number of aliphatic carboxylic acids is 1. The summed E-state index contributed by atoms with van der Waals surface area (Å²) in [7, 11) is 0. The number of carboxylic acids is 1. The van der Waals surface area contributed by atoms with Crippen LogP contribution in [0.1, 0.15) is 102 Å². The molecule has 4 aliphatic rings. The molecule has 0 saturated heterocycles. The molecule has 6 N–H and O–H groups in total. The molecule has 0 heterocycles. The summed E-state index contributed by atoms with van der Waals surface area (Å²) < 4.78 is 0. The van der Waals surface area contributed by atoms with Crippen LogP contribution in [0, 0.1) is 35.0 Å². The van der Waals surface area contributed by atoms with Crippen molar-refractivity contribution in [3.05, 3.63) is 35.9 Å². The van der Waals surface area contributed by atoms with Gasteiger partial charge >= 0.3 is 5.97 Å². The summed E-state index contributed by atoms with van der Waals surface area (Å²) in [4.78, 5) is 78.7. The molecular weight excluding hydrogens is 873 g/mol. The number of carbonyl (C=O) groups is 6. The summed E-state index contributed by atoms with van der Waals surface area (Å²) in [6.45, 7) is 7.51. The topological polar surface area (TPSA) is 211 Å². The fourth-order valence-electron chi connectivity index (χ4n) is 8.53. The summed E-state index contributed by atoms with van der Waals surface area (Å²) >= 11 is 4.23. The van der Waals surface area contributed by atoms with Crippen LogP contribution in [-0.4, -0.2) is 77.1 Å². The SMILES string of the molecule is CC[C@H](C)[C@H](NC(=O)c1ccccc1)C(=O)N[C@@H](CCCCNC(=O)C12CC3CC(CC(C3)C1)C2)C(=O)N[C@@H](CS)C(=O)N[C@H](C(=O)O)C(C)C.[O-2].[Re]. The van der Waals surface area contributed by atoms with E-state index < -0.39 is 59.7 Å². The zero-order valence-electron chi connectivity index (χ0n) is 31.2. The van der Waals surface area contributed by atoms with Gasteiger partial charge in [0.1, 0.15) is 24.2 Å². The maximum Gasteiger partial charge on any atom is 0.326 e. The Bertz CT molecular complexity index is 1380. The molecule has 4 bridgehead atoms. The van der Waals surface area contributed by atoms with Crippen LogP contribution in [0.4, 0.5) is 0 Å². The van der Waals surface area contributed by atoms with E-state index in [1.165, 1.54) is 19.3 Å². The number of hydrogen-bond acceptors (Lipinski definition) is 7. The van der Waals surface area contributed by atoms with Gasteiger partial charge in [0, 0.05) is 43.7 Å². The Morgan fingerprint density at radius 1 is 0.792 bits per heavy atom. The first kappa shape index (κ1) is 46.2. The summed E-state index contributed by atoms with van der Waals surface area (Å²) in [6, 6.07) is 4.20. The minimum absolute atomic E-state index is 0. The molecule has 13 nitrogen and oxygen atoms in total. The second kappa shape index (κ2) is 21.2. The van der Waals surface area contributed by atoms with Crippen molar-refractivity contribution < 1.29 is 59.8 Å². The number of rotatable bonds is 19. The van der Waals surface area contributed by atoms with Gasteiger partial charge in [0.2, 0.25) is 23.6 Å². The normalized spacial score (nSPS) is 23.8. The second-order valence-electron chi connectivity index (χ2n) is 15.5. The molecule has 0 spiro atoms. The van der Waals surface area contributed by atoms with Crippen molar-refractivity contribution in [3.8, 4) is 0 Å². The van der Waals surface area contributed by atoms with Crippen LogP contribution >= 0.6 is 12.6 Å². The van der Waals surface area contributed by atoms with Crippen LogP contribution < -0.4 is 26.6 Å². The largest absolute Gasteiger partial charge is 2.00 e. The summed E-state index contributed by atoms with van der Waals surface area (Å²) in [5, 5.41) is 23.5. The molecule has 4 fully saturated rings. The fourth-order valence-corrected chi connectivity index (χ4v) is 8.79. The standard InChI is InChI=1S/C38H57N5O7S.O.Re/c1-5-23(4)31(43-32(44)27-11-7-6-8-12-27)35(47)40-28(33(45)41-29(21-51)34(46)42-30(22(2)3)36(48)49)13-9-10-14-39-37(50)38-18-24-15-25(19-38)17-26(16-24)20-38;;/h6-8,11-12,22-26,28-31,51H,5,9-10,13-21H2,1-4H3,(H,39,50)(H,40,47)(H,41,45)(H,42,46)(H,43,44)(H,48,49);;/q;-2;/t23-,24?,25?,26?,28-,29-,30-,31-,38?;;/m0../s1. The van der Waals surface area contributed by atoms with Gasteiger partial charge in [-0.05, 0) is 99.5 Å². The van der Waals surface area contributed by atoms with E-state index in [0.717, 1.165) is 19.3 Å². The van der Waals surface area contributed by atoms with Gasteiger partial charge in [0.05, 0.1) is 0 Å². The molecule has 297 valence electrons. The Hall–Kier alpha value is -2.99. The Balaban J connectivity index is 0.00000486. The van der Waals surface area contributed by atoms with E-state index >= 15 is 0 Å². The number of carbonyl (C=O) groups excluding carboxylic acids is 5. The first-order chi connectivity index (χ1) is 24.3. The van der Waals surface area contributed by atoms with E-state index in [9.17, 15) is 33.9 Å². The predicted octanol–water partition coefficient (Wildman–Crippen LogP) is 3.34. The molecule has 0 aliphatic heterocycles. The third kappa shape index (κ3) is 12.3. The van der Waals surface area contributed by atoms with Gasteiger partial charge in [-0.2, -0.15) is 12.6 Å². The van der Waals surface area contributed by atoms with Gasteiger partial charge in [0.25, 0.3) is 5.91 Å². The van der Waals surface area contributed by atoms with Crippen LogP contribution in [0.5, 0.6) is 0 Å². The van der Waals surface area contributed by atoms with Crippen molar-refractivity contribution in [2.45, 2.75) is 116 Å². The number of hydrogen-bond donors (Lipinski definition) is 7. The van der Waals surface area contributed by atoms with Crippen molar-refractivity contribution in [3.63, 3.8) is 0 Å². The van der Waals surface area contributed by atoms with Gasteiger partial charge < -0.3 is 37.2 Å². The Morgan fingerprint density at radius 2 is 1.34 bits per heavy atom. The number of carboxylic acid groups (broad SMARTS) is 1. The molecular formula is C38H57N5O8ReS-2. The maximum atomic E-state index is 13.8. The molecule has 4 aliphatic carbocycles. The number of unbranched alkanes of at least 4 members (excludes halogenated alkanes) is 1. The van der Waals surface area contributed by atoms with Crippen molar-refractivity contribution in [2.24, 2.45) is 35.0 Å². The maximum absolute atomic E-state index is 13.8. The van der Waals surface area contributed by atoms with Gasteiger partial charge in [-0.3, -0.25) is 24.0 Å². The van der Waals surface area contributed by atoms with Crippen molar-refractivity contribution in [1.82, 2.24) is 26.6 Å². The first-order valence-electron chi connectivity index (χ1n) is 18.7. The third-order valence-corrected chi connectivity index (χ3v) is 11.6. The zero-order chi connectivity index (χ0) is 37.3. The Morgan fingerprint density at radius 3 is 1.85 bits per heavy atom. The smallest absolute Gasteiger partial charge is 0.326 e. The Kier molecular flexibility index (Phi) is 18.5. The molecule has 5 amide bonds.